The molecule has 1 N–H and O–H groups in total. The van der Waals surface area contributed by atoms with Gasteiger partial charge in [0.1, 0.15) is 0 Å². The summed E-state index contributed by atoms with van der Waals surface area (Å²) in [6, 6.07) is 6.71. The number of nitrogens with one attached hydrogen (secondary N) is 1. The van der Waals surface area contributed by atoms with Crippen molar-refractivity contribution in [2.24, 2.45) is 0 Å². The number of rotatable bonds is 1. The highest BCUT2D eigenvalue weighted by molar-refractivity contribution is 5.51. The van der Waals surface area contributed by atoms with Crippen LogP contribution in [0.1, 0.15) is 31.9 Å². The fraction of sp³-hybridized carbons (Fsp3) is 0.538. The van der Waals surface area contributed by atoms with Gasteiger partial charge in [0.25, 0.3) is 0 Å². The van der Waals surface area contributed by atoms with Crippen molar-refractivity contribution in [1.82, 2.24) is 4.90 Å². The van der Waals surface area contributed by atoms with Crippen LogP contribution in [0.25, 0.3) is 0 Å². The maximum absolute atomic E-state index is 3.51. The van der Waals surface area contributed by atoms with Crippen LogP contribution >= 0.6 is 0 Å². The second-order valence-electron chi connectivity index (χ2n) is 5.53. The molecule has 2 rings (SSSR count). The van der Waals surface area contributed by atoms with Crippen molar-refractivity contribution in [2.45, 2.75) is 39.4 Å². The lowest BCUT2D eigenvalue weighted by Gasteiger charge is -2.22. The Kier molecular flexibility index (Phi) is 2.47. The zero-order chi connectivity index (χ0) is 11.1. The Hall–Kier alpha value is -1.02. The summed E-state index contributed by atoms with van der Waals surface area (Å²) in [6.07, 6.45) is 0. The van der Waals surface area contributed by atoms with E-state index in [0.717, 1.165) is 13.1 Å². The molecule has 0 spiro atoms. The molecule has 1 aromatic rings. The van der Waals surface area contributed by atoms with Gasteiger partial charge in [0.05, 0.1) is 0 Å². The van der Waals surface area contributed by atoms with Crippen LogP contribution in [-0.2, 0) is 13.1 Å². The summed E-state index contributed by atoms with van der Waals surface area (Å²) < 4.78 is 0. The molecule has 0 saturated heterocycles. The van der Waals surface area contributed by atoms with Crippen LogP contribution in [-0.4, -0.2) is 17.5 Å². The number of benzene rings is 1. The number of hydrogen-bond donors (Lipinski definition) is 1. The van der Waals surface area contributed by atoms with Crippen LogP contribution < -0.4 is 5.32 Å². The summed E-state index contributed by atoms with van der Waals surface area (Å²) in [5.74, 6) is 0. The molecule has 0 atom stereocenters. The van der Waals surface area contributed by atoms with Gasteiger partial charge in [-0.1, -0.05) is 6.07 Å². The molecule has 1 aliphatic heterocycles. The van der Waals surface area contributed by atoms with E-state index >= 15 is 0 Å². The summed E-state index contributed by atoms with van der Waals surface area (Å²) >= 11 is 0. The predicted molar refractivity (Wildman–Crippen MR) is 65.0 cm³/mol. The molecule has 0 bridgehead atoms. The topological polar surface area (TPSA) is 15.3 Å². The first-order valence-electron chi connectivity index (χ1n) is 5.52. The third kappa shape index (κ3) is 2.51. The predicted octanol–water partition coefficient (Wildman–Crippen LogP) is 2.84. The fourth-order valence-electron chi connectivity index (χ4n) is 2.08. The average Bonchev–Trinajstić information content (AvgIpc) is 2.40. The molecule has 1 aliphatic rings. The van der Waals surface area contributed by atoms with Gasteiger partial charge in [-0.05, 0) is 51.1 Å². The first-order chi connectivity index (χ1) is 6.94. The molecule has 2 nitrogen and oxygen atoms in total. The number of anilines is 1. The molecular weight excluding hydrogens is 184 g/mol. The maximum atomic E-state index is 3.51. The smallest absolute Gasteiger partial charge is 0.0347 e. The maximum Gasteiger partial charge on any atom is 0.0347 e. The Balaban J connectivity index is 2.20. The van der Waals surface area contributed by atoms with Gasteiger partial charge >= 0.3 is 0 Å². The van der Waals surface area contributed by atoms with E-state index in [0.29, 0.717) is 0 Å². The minimum atomic E-state index is 0.138. The third-order valence-electron chi connectivity index (χ3n) is 2.61. The summed E-state index contributed by atoms with van der Waals surface area (Å²) in [7, 11) is 2.16. The van der Waals surface area contributed by atoms with E-state index in [1.54, 1.807) is 0 Å². The van der Waals surface area contributed by atoms with Gasteiger partial charge in [-0.2, -0.15) is 0 Å². The normalized spacial score (nSPS) is 16.5. The van der Waals surface area contributed by atoms with Crippen molar-refractivity contribution in [2.75, 3.05) is 12.4 Å². The summed E-state index contributed by atoms with van der Waals surface area (Å²) in [5.41, 5.74) is 4.30. The van der Waals surface area contributed by atoms with Crippen LogP contribution in [0.15, 0.2) is 18.2 Å². The SMILES string of the molecule is CN1Cc2ccc(NC(C)(C)C)cc2C1. The van der Waals surface area contributed by atoms with Gasteiger partial charge in [-0.3, -0.25) is 4.90 Å². The van der Waals surface area contributed by atoms with E-state index in [-0.39, 0.29) is 5.54 Å². The zero-order valence-corrected chi connectivity index (χ0v) is 10.1. The van der Waals surface area contributed by atoms with Crippen LogP contribution in [0.4, 0.5) is 5.69 Å². The van der Waals surface area contributed by atoms with Crippen LogP contribution in [0.3, 0.4) is 0 Å². The summed E-state index contributed by atoms with van der Waals surface area (Å²) in [5, 5.41) is 3.51. The van der Waals surface area contributed by atoms with Gasteiger partial charge < -0.3 is 5.32 Å². The van der Waals surface area contributed by atoms with E-state index in [1.807, 2.05) is 0 Å². The molecule has 0 fully saturated rings. The molecule has 0 radical (unpaired) electrons. The monoisotopic (exact) mass is 204 g/mol. The van der Waals surface area contributed by atoms with Crippen LogP contribution in [0.2, 0.25) is 0 Å². The van der Waals surface area contributed by atoms with Crippen LogP contribution in [0, 0.1) is 0 Å². The number of nitrogens with zero attached hydrogens (tertiary/aromatic N) is 1. The molecule has 0 aromatic heterocycles. The highest BCUT2D eigenvalue weighted by atomic mass is 15.1. The van der Waals surface area contributed by atoms with Crippen molar-refractivity contribution >= 4 is 5.69 Å². The molecule has 1 heterocycles. The van der Waals surface area contributed by atoms with Crippen molar-refractivity contribution in [3.63, 3.8) is 0 Å². The summed E-state index contributed by atoms with van der Waals surface area (Å²) in [6.45, 7) is 8.73. The van der Waals surface area contributed by atoms with E-state index in [2.05, 4.69) is 56.2 Å². The van der Waals surface area contributed by atoms with Crippen LogP contribution in [0.5, 0.6) is 0 Å². The van der Waals surface area contributed by atoms with Gasteiger partial charge in [-0.15, -0.1) is 0 Å². The Morgan fingerprint density at radius 2 is 1.80 bits per heavy atom. The standard InChI is InChI=1S/C13H20N2/c1-13(2,3)14-12-6-5-10-8-15(4)9-11(10)7-12/h5-7,14H,8-9H2,1-4H3. The van der Waals surface area contributed by atoms with Gasteiger partial charge in [0.15, 0.2) is 0 Å². The number of fused-ring (bicyclic) bond motifs is 1. The largest absolute Gasteiger partial charge is 0.380 e. The lowest BCUT2D eigenvalue weighted by atomic mass is 10.1. The zero-order valence-electron chi connectivity index (χ0n) is 10.1. The third-order valence-corrected chi connectivity index (χ3v) is 2.61. The van der Waals surface area contributed by atoms with Gasteiger partial charge in [0, 0.05) is 24.3 Å². The minimum Gasteiger partial charge on any atom is -0.380 e. The highest BCUT2D eigenvalue weighted by Crippen LogP contribution is 2.25. The molecule has 0 unspecified atom stereocenters. The van der Waals surface area contributed by atoms with Crippen molar-refractivity contribution in [1.29, 1.82) is 0 Å². The Morgan fingerprint density at radius 1 is 1.13 bits per heavy atom. The molecule has 0 saturated carbocycles. The Morgan fingerprint density at radius 3 is 2.47 bits per heavy atom. The van der Waals surface area contributed by atoms with E-state index in [1.165, 1.54) is 16.8 Å². The first-order valence-corrected chi connectivity index (χ1v) is 5.52. The Bertz CT molecular complexity index is 363. The molecule has 1 aromatic carbocycles. The molecule has 82 valence electrons. The summed E-state index contributed by atoms with van der Waals surface area (Å²) in [4.78, 5) is 2.34. The highest BCUT2D eigenvalue weighted by Gasteiger charge is 2.16. The second kappa shape index (κ2) is 3.53. The lowest BCUT2D eigenvalue weighted by Crippen LogP contribution is -2.26. The van der Waals surface area contributed by atoms with E-state index < -0.39 is 0 Å². The average molecular weight is 204 g/mol. The van der Waals surface area contributed by atoms with Gasteiger partial charge in [-0.25, -0.2) is 0 Å². The Labute approximate surface area is 92.3 Å². The lowest BCUT2D eigenvalue weighted by molar-refractivity contribution is 0.353. The second-order valence-corrected chi connectivity index (χ2v) is 5.53. The van der Waals surface area contributed by atoms with Crippen molar-refractivity contribution in [3.8, 4) is 0 Å². The molecule has 15 heavy (non-hydrogen) atoms. The quantitative estimate of drug-likeness (QED) is 0.756. The molecule has 2 heteroatoms. The van der Waals surface area contributed by atoms with Gasteiger partial charge in [0.2, 0.25) is 0 Å². The number of hydrogen-bond acceptors (Lipinski definition) is 2. The molecular formula is C13H20N2. The van der Waals surface area contributed by atoms with Crippen molar-refractivity contribution < 1.29 is 0 Å². The van der Waals surface area contributed by atoms with Crippen molar-refractivity contribution in [3.05, 3.63) is 29.3 Å². The van der Waals surface area contributed by atoms with E-state index in [4.69, 9.17) is 0 Å². The first kappa shape index (κ1) is 10.5. The van der Waals surface area contributed by atoms with E-state index in [9.17, 15) is 0 Å². The molecule has 0 amide bonds. The minimum absolute atomic E-state index is 0.138. The fourth-order valence-corrected chi connectivity index (χ4v) is 2.08. The molecule has 0 aliphatic carbocycles.